The Morgan fingerprint density at radius 1 is 1.55 bits per heavy atom. The van der Waals surface area contributed by atoms with Crippen molar-refractivity contribution >= 4 is 11.9 Å². The third kappa shape index (κ3) is 3.19. The summed E-state index contributed by atoms with van der Waals surface area (Å²) >= 11 is 0. The van der Waals surface area contributed by atoms with Crippen molar-refractivity contribution in [3.63, 3.8) is 0 Å². The van der Waals surface area contributed by atoms with E-state index >= 15 is 0 Å². The predicted octanol–water partition coefficient (Wildman–Crippen LogP) is -0.0331. The average Bonchev–Trinajstić information content (AvgIpc) is 3.06. The summed E-state index contributed by atoms with van der Waals surface area (Å²) in [7, 11) is 0. The first kappa shape index (κ1) is 13.7. The molecule has 0 saturated carbocycles. The number of carbonyl (C=O) groups excluding carboxylic acids is 1. The molecule has 1 atom stereocenters. The lowest BCUT2D eigenvalue weighted by molar-refractivity contribution is -0.122. The molecule has 20 heavy (non-hydrogen) atoms. The predicted molar refractivity (Wildman–Crippen MR) is 66.7 cm³/mol. The van der Waals surface area contributed by atoms with E-state index in [2.05, 4.69) is 25.6 Å². The molecule has 0 bridgehead atoms. The molecule has 0 aliphatic heterocycles. The van der Waals surface area contributed by atoms with Crippen molar-refractivity contribution < 1.29 is 14.7 Å². The van der Waals surface area contributed by atoms with Crippen LogP contribution in [0.1, 0.15) is 35.7 Å². The van der Waals surface area contributed by atoms with Gasteiger partial charge in [0, 0.05) is 12.4 Å². The molecule has 2 heterocycles. The Bertz CT molecular complexity index is 591. The second kappa shape index (κ2) is 5.95. The van der Waals surface area contributed by atoms with Gasteiger partial charge in [0.15, 0.2) is 5.69 Å². The topological polar surface area (TPSA) is 126 Å². The highest BCUT2D eigenvalue weighted by molar-refractivity contribution is 5.84. The van der Waals surface area contributed by atoms with Gasteiger partial charge in [0.1, 0.15) is 12.4 Å². The highest BCUT2D eigenvalue weighted by Crippen LogP contribution is 2.10. The molecule has 9 heteroatoms. The maximum absolute atomic E-state index is 11.9. The van der Waals surface area contributed by atoms with Gasteiger partial charge >= 0.3 is 5.97 Å². The summed E-state index contributed by atoms with van der Waals surface area (Å²) < 4.78 is 1.17. The molecule has 0 aliphatic rings. The fourth-order valence-electron chi connectivity index (χ4n) is 1.69. The Kier molecular flexibility index (Phi) is 4.08. The van der Waals surface area contributed by atoms with Crippen LogP contribution in [0.3, 0.4) is 0 Å². The van der Waals surface area contributed by atoms with Crippen molar-refractivity contribution in [3.8, 4) is 0 Å². The van der Waals surface area contributed by atoms with Gasteiger partial charge in [-0.1, -0.05) is 12.1 Å². The summed E-state index contributed by atoms with van der Waals surface area (Å²) in [5.74, 6) is -0.806. The Morgan fingerprint density at radius 3 is 2.90 bits per heavy atom. The van der Waals surface area contributed by atoms with Crippen molar-refractivity contribution in [2.24, 2.45) is 0 Å². The Morgan fingerprint density at radius 2 is 2.35 bits per heavy atom. The van der Waals surface area contributed by atoms with E-state index in [0.29, 0.717) is 12.2 Å². The van der Waals surface area contributed by atoms with Gasteiger partial charge in [0.05, 0.1) is 12.2 Å². The average molecular weight is 278 g/mol. The quantitative estimate of drug-likeness (QED) is 0.681. The lowest BCUT2D eigenvalue weighted by Crippen LogP contribution is -2.32. The number of imidazole rings is 1. The van der Waals surface area contributed by atoms with Crippen LogP contribution in [0.25, 0.3) is 0 Å². The SMILES string of the molecule is CCC(NC(=O)Cn1cc(C(=O)O)nn1)c1ncc[nH]1. The summed E-state index contributed by atoms with van der Waals surface area (Å²) in [6.45, 7) is 1.82. The molecule has 2 rings (SSSR count). The number of hydrogen-bond donors (Lipinski definition) is 3. The van der Waals surface area contributed by atoms with Gasteiger partial charge in [0.25, 0.3) is 0 Å². The Labute approximate surface area is 114 Å². The Hall–Kier alpha value is -2.71. The van der Waals surface area contributed by atoms with Crippen molar-refractivity contribution in [1.82, 2.24) is 30.3 Å². The van der Waals surface area contributed by atoms with Crippen LogP contribution in [-0.4, -0.2) is 41.9 Å². The van der Waals surface area contributed by atoms with Gasteiger partial charge < -0.3 is 15.4 Å². The number of aromatic carboxylic acids is 1. The van der Waals surface area contributed by atoms with Crippen LogP contribution in [0.2, 0.25) is 0 Å². The number of rotatable bonds is 6. The van der Waals surface area contributed by atoms with Crippen LogP contribution in [0.5, 0.6) is 0 Å². The summed E-state index contributed by atoms with van der Waals surface area (Å²) in [6, 6.07) is -0.222. The van der Waals surface area contributed by atoms with Crippen LogP contribution in [0, 0.1) is 0 Å². The van der Waals surface area contributed by atoms with E-state index in [-0.39, 0.29) is 24.2 Å². The molecule has 1 unspecified atom stereocenters. The Balaban J connectivity index is 1.95. The van der Waals surface area contributed by atoms with Crippen LogP contribution in [0.4, 0.5) is 0 Å². The monoisotopic (exact) mass is 278 g/mol. The second-order valence-electron chi connectivity index (χ2n) is 4.11. The molecule has 0 fully saturated rings. The number of nitrogens with zero attached hydrogens (tertiary/aromatic N) is 4. The lowest BCUT2D eigenvalue weighted by Gasteiger charge is -2.14. The number of nitrogens with one attached hydrogen (secondary N) is 2. The summed E-state index contributed by atoms with van der Waals surface area (Å²) in [4.78, 5) is 29.5. The van der Waals surface area contributed by atoms with E-state index in [0.717, 1.165) is 0 Å². The van der Waals surface area contributed by atoms with Crippen LogP contribution in [0.15, 0.2) is 18.6 Å². The van der Waals surface area contributed by atoms with Crippen LogP contribution >= 0.6 is 0 Å². The van der Waals surface area contributed by atoms with Gasteiger partial charge in [-0.3, -0.25) is 4.79 Å². The molecule has 0 aromatic carbocycles. The van der Waals surface area contributed by atoms with Gasteiger partial charge in [0.2, 0.25) is 5.91 Å². The van der Waals surface area contributed by atoms with E-state index in [1.165, 1.54) is 10.9 Å². The molecule has 0 saturated heterocycles. The maximum Gasteiger partial charge on any atom is 0.358 e. The van der Waals surface area contributed by atoms with Crippen molar-refractivity contribution in [3.05, 3.63) is 30.1 Å². The summed E-state index contributed by atoms with van der Waals surface area (Å²) in [5.41, 5.74) is -0.198. The number of carbonyl (C=O) groups is 2. The van der Waals surface area contributed by atoms with Crippen LogP contribution < -0.4 is 5.32 Å². The van der Waals surface area contributed by atoms with Crippen molar-refractivity contribution in [1.29, 1.82) is 0 Å². The van der Waals surface area contributed by atoms with Gasteiger partial charge in [-0.05, 0) is 6.42 Å². The molecule has 106 valence electrons. The minimum absolute atomic E-state index is 0.0997. The highest BCUT2D eigenvalue weighted by Gasteiger charge is 2.16. The van der Waals surface area contributed by atoms with Gasteiger partial charge in [-0.2, -0.15) is 0 Å². The third-order valence-electron chi connectivity index (χ3n) is 2.66. The van der Waals surface area contributed by atoms with E-state index in [1.807, 2.05) is 6.92 Å². The molecule has 3 N–H and O–H groups in total. The number of aromatic nitrogens is 5. The molecule has 2 aromatic heterocycles. The zero-order valence-corrected chi connectivity index (χ0v) is 10.8. The second-order valence-corrected chi connectivity index (χ2v) is 4.11. The lowest BCUT2D eigenvalue weighted by atomic mass is 10.2. The number of amides is 1. The molecular formula is C11H14N6O3. The molecular weight excluding hydrogens is 264 g/mol. The van der Waals surface area contributed by atoms with Gasteiger partial charge in [-0.25, -0.2) is 14.5 Å². The van der Waals surface area contributed by atoms with Crippen molar-refractivity contribution in [2.45, 2.75) is 25.9 Å². The standard InChI is InChI=1S/C11H14N6O3/c1-2-7(10-12-3-4-13-10)14-9(18)6-17-5-8(11(19)20)15-16-17/h3-5,7H,2,6H2,1H3,(H,12,13)(H,14,18)(H,19,20). The molecule has 9 nitrogen and oxygen atoms in total. The van der Waals surface area contributed by atoms with Gasteiger partial charge in [-0.15, -0.1) is 5.10 Å². The smallest absolute Gasteiger partial charge is 0.358 e. The molecule has 0 aliphatic carbocycles. The minimum Gasteiger partial charge on any atom is -0.476 e. The summed E-state index contributed by atoms with van der Waals surface area (Å²) in [6.07, 6.45) is 5.17. The molecule has 0 radical (unpaired) electrons. The number of H-pyrrole nitrogens is 1. The molecule has 2 aromatic rings. The first-order valence-corrected chi connectivity index (χ1v) is 6.02. The molecule has 0 spiro atoms. The zero-order chi connectivity index (χ0) is 14.5. The number of aromatic amines is 1. The van der Waals surface area contributed by atoms with E-state index in [4.69, 9.17) is 5.11 Å². The van der Waals surface area contributed by atoms with E-state index < -0.39 is 5.97 Å². The van der Waals surface area contributed by atoms with E-state index in [9.17, 15) is 9.59 Å². The van der Waals surface area contributed by atoms with Crippen molar-refractivity contribution in [2.75, 3.05) is 0 Å². The largest absolute Gasteiger partial charge is 0.476 e. The fourth-order valence-corrected chi connectivity index (χ4v) is 1.69. The first-order valence-electron chi connectivity index (χ1n) is 6.02. The summed E-state index contributed by atoms with van der Waals surface area (Å²) in [5, 5.41) is 18.5. The highest BCUT2D eigenvalue weighted by atomic mass is 16.4. The first-order chi connectivity index (χ1) is 9.60. The minimum atomic E-state index is -1.18. The maximum atomic E-state index is 11.9. The zero-order valence-electron chi connectivity index (χ0n) is 10.8. The van der Waals surface area contributed by atoms with Crippen LogP contribution in [-0.2, 0) is 11.3 Å². The number of hydrogen-bond acceptors (Lipinski definition) is 5. The number of carboxylic acid groups (broad SMARTS) is 1. The third-order valence-corrected chi connectivity index (χ3v) is 2.66. The molecule has 1 amide bonds. The normalized spacial score (nSPS) is 12.1. The fraction of sp³-hybridized carbons (Fsp3) is 0.364. The van der Waals surface area contributed by atoms with E-state index in [1.54, 1.807) is 12.4 Å². The number of carboxylic acids is 1.